The van der Waals surface area contributed by atoms with E-state index in [-0.39, 0.29) is 18.6 Å². The van der Waals surface area contributed by atoms with Crippen LogP contribution in [0.4, 0.5) is 0 Å². The van der Waals surface area contributed by atoms with Gasteiger partial charge in [-0.05, 0) is 0 Å². The summed E-state index contributed by atoms with van der Waals surface area (Å²) in [4.78, 5) is 0. The fourth-order valence-corrected chi connectivity index (χ4v) is 0. The van der Waals surface area contributed by atoms with Gasteiger partial charge in [0.1, 0.15) is 0 Å². The molecule has 30 valence electrons. The summed E-state index contributed by atoms with van der Waals surface area (Å²) in [5, 5.41) is 6.50. The predicted molar refractivity (Wildman–Crippen MR) is 18.2 cm³/mol. The molecule has 0 amide bonds. The van der Waals surface area contributed by atoms with Gasteiger partial charge in [-0.15, -0.1) is 12.4 Å². The Labute approximate surface area is 30.8 Å². The topological polar surface area (TPSA) is 81.2 Å². The molecule has 0 saturated heterocycles. The fraction of sp³-hybridized carbons (Fsp3) is 0. The largest absolute Gasteiger partial charge is 0.344 e. The lowest BCUT2D eigenvalue weighted by molar-refractivity contribution is 0.311. The molecule has 6 N–H and O–H groups in total. The Balaban J connectivity index is -0.00000000500. The number of hydrogen-bond acceptors (Lipinski definition) is 3. The minimum Gasteiger partial charge on any atom is -0.344 e. The first kappa shape index (κ1) is 30.6. The Kier molecular flexibility index (Phi) is 3950. The summed E-state index contributed by atoms with van der Waals surface area (Å²) in [7, 11) is 0. The summed E-state index contributed by atoms with van der Waals surface area (Å²) < 4.78 is 0. The quantitative estimate of drug-likeness (QED) is 0.361. The number of halogens is 1. The summed E-state index contributed by atoms with van der Waals surface area (Å²) in [6.45, 7) is 0. The Hall–Kier alpha value is 0.170. The van der Waals surface area contributed by atoms with Crippen LogP contribution in [0.2, 0.25) is 0 Å². The summed E-state index contributed by atoms with van der Waals surface area (Å²) in [5.41, 5.74) is 0. The third kappa shape index (κ3) is 103. The van der Waals surface area contributed by atoms with Gasteiger partial charge in [0, 0.05) is 0 Å². The van der Waals surface area contributed by atoms with Crippen molar-refractivity contribution in [1.82, 2.24) is 6.15 Å². The van der Waals surface area contributed by atoms with Crippen LogP contribution in [0.1, 0.15) is 0 Å². The highest BCUT2D eigenvalue weighted by Crippen LogP contribution is 0.690. The fourth-order valence-electron chi connectivity index (χ4n) is 0. The maximum Gasteiger partial charge on any atom is -0.147 e. The third-order valence-corrected chi connectivity index (χ3v) is 0. The van der Waals surface area contributed by atoms with Crippen molar-refractivity contribution in [2.45, 2.75) is 0 Å². The van der Waals surface area contributed by atoms with E-state index in [1.54, 1.807) is 0 Å². The van der Waals surface area contributed by atoms with Crippen LogP contribution >= 0.6 is 12.4 Å². The first-order chi connectivity index (χ1) is 1.00. The lowest BCUT2D eigenvalue weighted by Gasteiger charge is -1.27. The van der Waals surface area contributed by atoms with Crippen LogP contribution < -0.4 is 12.0 Å². The zero-order valence-corrected chi connectivity index (χ0v) is 2.96. The molecule has 3 nitrogen and oxygen atoms in total. The minimum absolute atomic E-state index is 0. The number of hydrogen-bond donors (Lipinski definition) is 3. The van der Waals surface area contributed by atoms with Gasteiger partial charge in [-0.25, -0.2) is 5.90 Å². The molecule has 0 aliphatic heterocycles. The molecule has 4 heavy (non-hydrogen) atoms. The van der Waals surface area contributed by atoms with Crippen molar-refractivity contribution in [2.75, 3.05) is 0 Å². The predicted octanol–water partition coefficient (Wildman–Crippen LogP) is -0.0819. The van der Waals surface area contributed by atoms with Crippen molar-refractivity contribution in [3.05, 3.63) is 0 Å². The average molecular weight is 86.5 g/mol. The van der Waals surface area contributed by atoms with Crippen LogP contribution in [-0.2, 0) is 0 Å². The molecule has 0 aliphatic rings. The van der Waals surface area contributed by atoms with E-state index >= 15 is 0 Å². The normalized spacial score (nSPS) is 1.50. The van der Waals surface area contributed by atoms with Crippen LogP contribution in [0.5, 0.6) is 0 Å². The molecule has 0 heterocycles. The van der Waals surface area contributed by atoms with Gasteiger partial charge in [-0.1, -0.05) is 0 Å². The van der Waals surface area contributed by atoms with Crippen molar-refractivity contribution < 1.29 is 5.21 Å². The van der Waals surface area contributed by atoms with Gasteiger partial charge < -0.3 is 11.4 Å². The molecule has 0 spiro atoms. The smallest absolute Gasteiger partial charge is 0.147 e. The Morgan fingerprint density at radius 3 is 1.25 bits per heavy atom. The van der Waals surface area contributed by atoms with Gasteiger partial charge in [-0.3, -0.25) is 0 Å². The summed E-state index contributed by atoms with van der Waals surface area (Å²) in [6.07, 6.45) is 0. The van der Waals surface area contributed by atoms with Crippen molar-refractivity contribution in [2.24, 2.45) is 5.90 Å². The molecule has 0 saturated carbocycles. The van der Waals surface area contributed by atoms with E-state index in [9.17, 15) is 0 Å². The molecule has 0 rings (SSSR count). The van der Waals surface area contributed by atoms with E-state index < -0.39 is 0 Å². The second-order valence-corrected chi connectivity index (χ2v) is 0. The second-order valence-electron chi connectivity index (χ2n) is 0. The van der Waals surface area contributed by atoms with E-state index in [0.717, 1.165) is 0 Å². The monoisotopic (exact) mass is 86.0 g/mol. The van der Waals surface area contributed by atoms with Gasteiger partial charge >= 0.3 is 0 Å². The summed E-state index contributed by atoms with van der Waals surface area (Å²) in [5.74, 6) is 3.50. The zero-order valence-electron chi connectivity index (χ0n) is 2.14. The van der Waals surface area contributed by atoms with Crippen molar-refractivity contribution in [1.29, 1.82) is 0 Å². The first-order valence-corrected chi connectivity index (χ1v) is 0.258. The Morgan fingerprint density at radius 1 is 1.25 bits per heavy atom. The molecule has 4 heteroatoms. The Bertz CT molecular complexity index is 6.00. The highest BCUT2D eigenvalue weighted by Gasteiger charge is 0.732. The van der Waals surface area contributed by atoms with E-state index in [2.05, 4.69) is 5.90 Å². The lowest BCUT2D eigenvalue weighted by Crippen LogP contribution is -1.72. The van der Waals surface area contributed by atoms with Crippen molar-refractivity contribution in [3.8, 4) is 0 Å². The van der Waals surface area contributed by atoms with E-state index in [4.69, 9.17) is 5.21 Å². The van der Waals surface area contributed by atoms with Crippen molar-refractivity contribution in [3.63, 3.8) is 0 Å². The molecule has 0 fully saturated rings. The molecule has 0 bridgehead atoms. The molecular formula is H7ClN2O. The first-order valence-electron chi connectivity index (χ1n) is 0.258. The van der Waals surface area contributed by atoms with E-state index in [0.29, 0.717) is 0 Å². The van der Waals surface area contributed by atoms with Crippen LogP contribution in [0, 0.1) is 0 Å². The van der Waals surface area contributed by atoms with Crippen LogP contribution in [0.25, 0.3) is 0 Å². The Morgan fingerprint density at radius 2 is 1.25 bits per heavy atom. The summed E-state index contributed by atoms with van der Waals surface area (Å²) in [6, 6.07) is 0. The van der Waals surface area contributed by atoms with Gasteiger partial charge in [0.05, 0.1) is 0 Å². The van der Waals surface area contributed by atoms with Gasteiger partial charge in [0.2, 0.25) is 0 Å². The zero-order chi connectivity index (χ0) is 2.00. The molecule has 0 aliphatic carbocycles. The number of rotatable bonds is 0. The molecule has 0 radical (unpaired) electrons. The van der Waals surface area contributed by atoms with Gasteiger partial charge in [-0.2, -0.15) is 0 Å². The summed E-state index contributed by atoms with van der Waals surface area (Å²) >= 11 is 0. The van der Waals surface area contributed by atoms with Crippen molar-refractivity contribution >= 4 is 12.4 Å². The molecule has 0 unspecified atom stereocenters. The van der Waals surface area contributed by atoms with Crippen LogP contribution in [0.3, 0.4) is 0 Å². The van der Waals surface area contributed by atoms with Crippen LogP contribution in [0.15, 0.2) is 0 Å². The maximum atomic E-state index is 6.50. The maximum absolute atomic E-state index is 6.50. The standard InChI is InChI=1S/ClH.H3NO.H3N/c;1-2;/h1H;2H,1H2;1H3. The highest BCUT2D eigenvalue weighted by atomic mass is 35.5. The minimum atomic E-state index is 0. The third-order valence-electron chi connectivity index (χ3n) is 0. The van der Waals surface area contributed by atoms with Gasteiger partial charge in [0.15, 0.2) is 0 Å². The SMILES string of the molecule is Cl.N.NO. The van der Waals surface area contributed by atoms with E-state index in [1.807, 2.05) is 0 Å². The second kappa shape index (κ2) is 517. The van der Waals surface area contributed by atoms with E-state index in [1.165, 1.54) is 0 Å². The lowest BCUT2D eigenvalue weighted by atomic mass is 13.6. The van der Waals surface area contributed by atoms with Crippen LogP contribution in [-0.4, -0.2) is 5.21 Å². The van der Waals surface area contributed by atoms with Gasteiger partial charge in [0.25, 0.3) is 0 Å². The molecular weight excluding hydrogens is 79.5 g/mol. The molecule has 0 aromatic carbocycles. The molecule has 0 atom stereocenters. The molecule has 0 aromatic rings. The average Bonchev–Trinajstić information content (AvgIpc) is 1.00. The molecule has 0 aromatic heterocycles. The highest BCUT2D eigenvalue weighted by molar-refractivity contribution is 5.85. The number of nitrogens with two attached hydrogens (primary N) is 1.